The van der Waals surface area contributed by atoms with Crippen molar-refractivity contribution in [2.24, 2.45) is 0 Å². The van der Waals surface area contributed by atoms with Crippen molar-refractivity contribution < 1.29 is 4.74 Å². The van der Waals surface area contributed by atoms with Crippen molar-refractivity contribution >= 4 is 11.3 Å². The number of aromatic nitrogens is 1. The Kier molecular flexibility index (Phi) is 4.04. The summed E-state index contributed by atoms with van der Waals surface area (Å²) in [5.74, 6) is 0. The van der Waals surface area contributed by atoms with Crippen LogP contribution in [0.4, 0.5) is 0 Å². The molecular formula is C8H14N2OS. The molecule has 0 fully saturated rings. The first kappa shape index (κ1) is 9.48. The van der Waals surface area contributed by atoms with Gasteiger partial charge in [0.2, 0.25) is 0 Å². The van der Waals surface area contributed by atoms with Crippen molar-refractivity contribution in [3.05, 3.63) is 11.1 Å². The molecule has 68 valence electrons. The van der Waals surface area contributed by atoms with Crippen molar-refractivity contribution in [3.63, 3.8) is 0 Å². The molecule has 0 bridgehead atoms. The summed E-state index contributed by atoms with van der Waals surface area (Å²) in [4.78, 5) is 5.29. The minimum Gasteiger partial charge on any atom is -0.473 e. The van der Waals surface area contributed by atoms with Gasteiger partial charge in [0.05, 0.1) is 7.11 Å². The van der Waals surface area contributed by atoms with Crippen LogP contribution < -0.4 is 10.1 Å². The number of hydrogen-bond acceptors (Lipinski definition) is 4. The van der Waals surface area contributed by atoms with Gasteiger partial charge in [-0.3, -0.25) is 0 Å². The average Bonchev–Trinajstić information content (AvgIpc) is 2.53. The van der Waals surface area contributed by atoms with Crippen molar-refractivity contribution in [1.29, 1.82) is 0 Å². The van der Waals surface area contributed by atoms with E-state index in [0.29, 0.717) is 0 Å². The lowest BCUT2D eigenvalue weighted by Gasteiger charge is -1.97. The van der Waals surface area contributed by atoms with Crippen LogP contribution in [0.5, 0.6) is 5.19 Å². The Balaban J connectivity index is 2.31. The van der Waals surface area contributed by atoms with E-state index in [1.165, 1.54) is 4.88 Å². The fourth-order valence-electron chi connectivity index (χ4n) is 0.854. The standard InChI is InChI=1S/C8H14N2OS/c1-3-4-9-5-7-6-10-8(11-2)12-7/h6,9H,3-5H2,1-2H3. The van der Waals surface area contributed by atoms with Crippen LogP contribution >= 0.6 is 11.3 Å². The fraction of sp³-hybridized carbons (Fsp3) is 0.625. The molecular weight excluding hydrogens is 172 g/mol. The molecule has 1 rings (SSSR count). The van der Waals surface area contributed by atoms with Crippen LogP contribution in [0.15, 0.2) is 6.20 Å². The Bertz CT molecular complexity index is 225. The number of methoxy groups -OCH3 is 1. The molecule has 0 atom stereocenters. The zero-order valence-electron chi connectivity index (χ0n) is 7.46. The smallest absolute Gasteiger partial charge is 0.273 e. The zero-order chi connectivity index (χ0) is 8.81. The number of rotatable bonds is 5. The van der Waals surface area contributed by atoms with E-state index in [-0.39, 0.29) is 0 Å². The second kappa shape index (κ2) is 5.11. The highest BCUT2D eigenvalue weighted by Crippen LogP contribution is 2.19. The molecule has 0 amide bonds. The monoisotopic (exact) mass is 186 g/mol. The van der Waals surface area contributed by atoms with Crippen molar-refractivity contribution in [2.45, 2.75) is 19.9 Å². The third kappa shape index (κ3) is 2.79. The van der Waals surface area contributed by atoms with Gasteiger partial charge in [-0.15, -0.1) is 0 Å². The van der Waals surface area contributed by atoms with Gasteiger partial charge in [-0.2, -0.15) is 0 Å². The van der Waals surface area contributed by atoms with Gasteiger partial charge in [-0.05, 0) is 13.0 Å². The van der Waals surface area contributed by atoms with E-state index >= 15 is 0 Å². The first-order valence-electron chi connectivity index (χ1n) is 4.06. The largest absolute Gasteiger partial charge is 0.473 e. The first-order chi connectivity index (χ1) is 5.86. The van der Waals surface area contributed by atoms with Crippen LogP contribution in [0, 0.1) is 0 Å². The van der Waals surface area contributed by atoms with E-state index < -0.39 is 0 Å². The maximum Gasteiger partial charge on any atom is 0.273 e. The van der Waals surface area contributed by atoms with Crippen LogP contribution in [0.25, 0.3) is 0 Å². The van der Waals surface area contributed by atoms with E-state index in [0.717, 1.165) is 24.7 Å². The van der Waals surface area contributed by atoms with Gasteiger partial charge in [-0.1, -0.05) is 18.3 Å². The van der Waals surface area contributed by atoms with Gasteiger partial charge in [-0.25, -0.2) is 4.98 Å². The molecule has 1 N–H and O–H groups in total. The average molecular weight is 186 g/mol. The summed E-state index contributed by atoms with van der Waals surface area (Å²) < 4.78 is 4.98. The minimum atomic E-state index is 0.739. The van der Waals surface area contributed by atoms with Crippen LogP contribution in [-0.4, -0.2) is 18.6 Å². The lowest BCUT2D eigenvalue weighted by atomic mass is 10.4. The third-order valence-corrected chi connectivity index (χ3v) is 2.39. The summed E-state index contributed by atoms with van der Waals surface area (Å²) in [5, 5.41) is 4.04. The summed E-state index contributed by atoms with van der Waals surface area (Å²) in [6.07, 6.45) is 3.02. The van der Waals surface area contributed by atoms with Crippen LogP contribution in [-0.2, 0) is 6.54 Å². The molecule has 0 unspecified atom stereocenters. The Morgan fingerprint density at radius 1 is 1.67 bits per heavy atom. The van der Waals surface area contributed by atoms with Crippen LogP contribution in [0.2, 0.25) is 0 Å². The highest BCUT2D eigenvalue weighted by molar-refractivity contribution is 7.13. The lowest BCUT2D eigenvalue weighted by Crippen LogP contribution is -2.12. The number of nitrogens with zero attached hydrogens (tertiary/aromatic N) is 1. The molecule has 0 saturated heterocycles. The predicted octanol–water partition coefficient (Wildman–Crippen LogP) is 1.65. The highest BCUT2D eigenvalue weighted by atomic mass is 32.1. The second-order valence-electron chi connectivity index (χ2n) is 2.47. The molecule has 3 nitrogen and oxygen atoms in total. The fourth-order valence-corrected chi connectivity index (χ4v) is 1.55. The van der Waals surface area contributed by atoms with E-state index in [1.54, 1.807) is 18.4 Å². The summed E-state index contributed by atoms with van der Waals surface area (Å²) >= 11 is 1.59. The van der Waals surface area contributed by atoms with Gasteiger partial charge in [0.15, 0.2) is 0 Å². The zero-order valence-corrected chi connectivity index (χ0v) is 8.28. The maximum absolute atomic E-state index is 4.98. The highest BCUT2D eigenvalue weighted by Gasteiger charge is 1.99. The molecule has 0 saturated carbocycles. The predicted molar refractivity (Wildman–Crippen MR) is 50.7 cm³/mol. The molecule has 0 aliphatic carbocycles. The van der Waals surface area contributed by atoms with Crippen molar-refractivity contribution in [1.82, 2.24) is 10.3 Å². The van der Waals surface area contributed by atoms with E-state index in [1.807, 2.05) is 6.20 Å². The normalized spacial score (nSPS) is 10.2. The summed E-state index contributed by atoms with van der Waals surface area (Å²) in [7, 11) is 1.64. The molecule has 0 aliphatic heterocycles. The molecule has 1 aromatic heterocycles. The van der Waals surface area contributed by atoms with E-state index in [9.17, 15) is 0 Å². The van der Waals surface area contributed by atoms with Gasteiger partial charge in [0.25, 0.3) is 5.19 Å². The number of thiazole rings is 1. The number of nitrogens with one attached hydrogen (secondary N) is 1. The SMILES string of the molecule is CCCNCc1cnc(OC)s1. The second-order valence-corrected chi connectivity index (χ2v) is 3.55. The van der Waals surface area contributed by atoms with Crippen molar-refractivity contribution in [3.8, 4) is 5.19 Å². The molecule has 1 heterocycles. The molecule has 0 aromatic carbocycles. The summed E-state index contributed by atoms with van der Waals surface area (Å²) in [5.41, 5.74) is 0. The number of ether oxygens (including phenoxy) is 1. The van der Waals surface area contributed by atoms with Crippen molar-refractivity contribution in [2.75, 3.05) is 13.7 Å². The molecule has 0 spiro atoms. The molecule has 4 heteroatoms. The molecule has 0 radical (unpaired) electrons. The Morgan fingerprint density at radius 2 is 2.50 bits per heavy atom. The van der Waals surface area contributed by atoms with E-state index in [4.69, 9.17) is 4.74 Å². The van der Waals surface area contributed by atoms with Gasteiger partial charge in [0.1, 0.15) is 0 Å². The third-order valence-electron chi connectivity index (χ3n) is 1.43. The maximum atomic E-state index is 4.98. The summed E-state index contributed by atoms with van der Waals surface area (Å²) in [6, 6.07) is 0. The molecule has 0 aliphatic rings. The minimum absolute atomic E-state index is 0.739. The van der Waals surface area contributed by atoms with Gasteiger partial charge < -0.3 is 10.1 Å². The summed E-state index contributed by atoms with van der Waals surface area (Å²) in [6.45, 7) is 4.11. The Morgan fingerprint density at radius 3 is 3.08 bits per heavy atom. The Labute approximate surface area is 76.8 Å². The molecule has 1 aromatic rings. The quantitative estimate of drug-likeness (QED) is 0.710. The Hall–Kier alpha value is -0.610. The van der Waals surface area contributed by atoms with Gasteiger partial charge in [0, 0.05) is 17.6 Å². The van der Waals surface area contributed by atoms with Crippen LogP contribution in [0.3, 0.4) is 0 Å². The molecule has 12 heavy (non-hydrogen) atoms. The first-order valence-corrected chi connectivity index (χ1v) is 4.88. The lowest BCUT2D eigenvalue weighted by molar-refractivity contribution is 0.412. The van der Waals surface area contributed by atoms with E-state index in [2.05, 4.69) is 17.2 Å². The topological polar surface area (TPSA) is 34.2 Å². The van der Waals surface area contributed by atoms with Crippen LogP contribution in [0.1, 0.15) is 18.2 Å². The number of hydrogen-bond donors (Lipinski definition) is 1. The van der Waals surface area contributed by atoms with Gasteiger partial charge >= 0.3 is 0 Å².